The minimum atomic E-state index is 0.753. The summed E-state index contributed by atoms with van der Waals surface area (Å²) in [4.78, 5) is 4.86. The third kappa shape index (κ3) is 2.37. The van der Waals surface area contributed by atoms with Crippen LogP contribution >= 0.6 is 12.6 Å². The first-order valence-corrected chi connectivity index (χ1v) is 8.49. The fourth-order valence-corrected chi connectivity index (χ4v) is 3.19. The fourth-order valence-electron chi connectivity index (χ4n) is 2.96. The highest BCUT2D eigenvalue weighted by Crippen LogP contribution is 2.26. The Bertz CT molecular complexity index is 803. The minimum absolute atomic E-state index is 0.753. The van der Waals surface area contributed by atoms with Crippen LogP contribution in [0.4, 0.5) is 0 Å². The first-order valence-electron chi connectivity index (χ1n) is 7.86. The third-order valence-corrected chi connectivity index (χ3v) is 4.52. The zero-order chi connectivity index (χ0) is 15.7. The van der Waals surface area contributed by atoms with Crippen LogP contribution in [-0.2, 0) is 13.0 Å². The van der Waals surface area contributed by atoms with E-state index >= 15 is 0 Å². The summed E-state index contributed by atoms with van der Waals surface area (Å²) in [6.45, 7) is 7.35. The van der Waals surface area contributed by atoms with Crippen LogP contribution in [0.5, 0.6) is 0 Å². The van der Waals surface area contributed by atoms with E-state index in [2.05, 4.69) is 53.5 Å². The average molecular weight is 318 g/mol. The SMILES string of the molecule is CCCc1nc2c(c(C)c(C)n3nnnc23)n1CCCCS. The maximum atomic E-state index is 4.86. The Balaban J connectivity index is 2.25. The first-order chi connectivity index (χ1) is 10.7. The molecule has 3 aromatic heterocycles. The van der Waals surface area contributed by atoms with E-state index in [0.717, 1.165) is 60.7 Å². The molecule has 3 rings (SSSR count). The van der Waals surface area contributed by atoms with Gasteiger partial charge < -0.3 is 4.57 Å². The summed E-state index contributed by atoms with van der Waals surface area (Å²) >= 11 is 4.31. The fraction of sp³-hybridized carbons (Fsp3) is 0.600. The third-order valence-electron chi connectivity index (χ3n) is 4.21. The van der Waals surface area contributed by atoms with Crippen LogP contribution < -0.4 is 0 Å². The highest BCUT2D eigenvalue weighted by Gasteiger charge is 2.19. The van der Waals surface area contributed by atoms with Crippen LogP contribution in [0.3, 0.4) is 0 Å². The molecule has 0 atom stereocenters. The van der Waals surface area contributed by atoms with Crippen LogP contribution in [0.25, 0.3) is 16.7 Å². The summed E-state index contributed by atoms with van der Waals surface area (Å²) in [6.07, 6.45) is 4.28. The summed E-state index contributed by atoms with van der Waals surface area (Å²) in [6, 6.07) is 0. The molecule has 22 heavy (non-hydrogen) atoms. The molecule has 0 saturated carbocycles. The van der Waals surface area contributed by atoms with Gasteiger partial charge in [-0.3, -0.25) is 0 Å². The molecule has 0 fully saturated rings. The van der Waals surface area contributed by atoms with Crippen molar-refractivity contribution in [3.05, 3.63) is 17.1 Å². The van der Waals surface area contributed by atoms with Gasteiger partial charge in [0.2, 0.25) is 5.65 Å². The van der Waals surface area contributed by atoms with Crippen molar-refractivity contribution in [2.75, 3.05) is 5.75 Å². The lowest BCUT2D eigenvalue weighted by Gasteiger charge is -2.11. The molecule has 0 unspecified atom stereocenters. The van der Waals surface area contributed by atoms with Gasteiger partial charge in [-0.15, -0.1) is 5.10 Å². The van der Waals surface area contributed by atoms with E-state index in [0.29, 0.717) is 0 Å². The van der Waals surface area contributed by atoms with E-state index in [1.165, 1.54) is 11.1 Å². The first kappa shape index (κ1) is 15.3. The summed E-state index contributed by atoms with van der Waals surface area (Å²) < 4.78 is 4.15. The Morgan fingerprint density at radius 3 is 2.73 bits per heavy atom. The second-order valence-electron chi connectivity index (χ2n) is 5.68. The maximum absolute atomic E-state index is 4.86. The summed E-state index contributed by atoms with van der Waals surface area (Å²) in [5.74, 6) is 2.06. The van der Waals surface area contributed by atoms with Crippen molar-refractivity contribution in [2.45, 2.75) is 53.0 Å². The molecule has 0 bridgehead atoms. The summed E-state index contributed by atoms with van der Waals surface area (Å²) in [5.41, 5.74) is 5.13. The molecule has 0 spiro atoms. The van der Waals surface area contributed by atoms with E-state index in [4.69, 9.17) is 4.98 Å². The normalized spacial score (nSPS) is 11.8. The van der Waals surface area contributed by atoms with Gasteiger partial charge in [0.1, 0.15) is 11.3 Å². The molecule has 3 aromatic rings. The number of thiol groups is 1. The summed E-state index contributed by atoms with van der Waals surface area (Å²) in [5, 5.41) is 12.1. The predicted octanol–water partition coefficient (Wildman–Crippen LogP) is 2.75. The zero-order valence-electron chi connectivity index (χ0n) is 13.4. The molecule has 0 radical (unpaired) electrons. The number of hydrogen-bond acceptors (Lipinski definition) is 5. The number of aryl methyl sites for hydroxylation is 4. The number of fused-ring (bicyclic) bond motifs is 3. The molecule has 6 nitrogen and oxygen atoms in total. The Hall–Kier alpha value is -1.63. The van der Waals surface area contributed by atoms with Gasteiger partial charge in [0.05, 0.1) is 5.52 Å². The molecule has 0 N–H and O–H groups in total. The van der Waals surface area contributed by atoms with Crippen LogP contribution in [0.2, 0.25) is 0 Å². The lowest BCUT2D eigenvalue weighted by atomic mass is 10.2. The molecular weight excluding hydrogens is 296 g/mol. The number of rotatable bonds is 6. The monoisotopic (exact) mass is 318 g/mol. The maximum Gasteiger partial charge on any atom is 0.207 e. The Morgan fingerprint density at radius 2 is 2.00 bits per heavy atom. The molecular formula is C15H22N6S. The number of unbranched alkanes of at least 4 members (excludes halogenated alkanes) is 1. The van der Waals surface area contributed by atoms with Crippen molar-refractivity contribution >= 4 is 29.3 Å². The van der Waals surface area contributed by atoms with Crippen molar-refractivity contribution in [3.8, 4) is 0 Å². The van der Waals surface area contributed by atoms with E-state index in [9.17, 15) is 0 Å². The van der Waals surface area contributed by atoms with Gasteiger partial charge in [0.25, 0.3) is 0 Å². The molecule has 0 amide bonds. The molecule has 0 aliphatic rings. The van der Waals surface area contributed by atoms with Gasteiger partial charge in [-0.25, -0.2) is 4.98 Å². The zero-order valence-corrected chi connectivity index (χ0v) is 14.3. The lowest BCUT2D eigenvalue weighted by Crippen LogP contribution is -2.06. The highest BCUT2D eigenvalue weighted by atomic mass is 32.1. The largest absolute Gasteiger partial charge is 0.328 e. The van der Waals surface area contributed by atoms with Crippen molar-refractivity contribution in [3.63, 3.8) is 0 Å². The minimum Gasteiger partial charge on any atom is -0.328 e. The molecule has 0 aromatic carbocycles. The van der Waals surface area contributed by atoms with Gasteiger partial charge in [-0.2, -0.15) is 17.1 Å². The number of imidazole rings is 1. The van der Waals surface area contributed by atoms with E-state index in [1.54, 1.807) is 4.52 Å². The van der Waals surface area contributed by atoms with Crippen molar-refractivity contribution in [1.29, 1.82) is 0 Å². The number of tetrazole rings is 1. The molecule has 118 valence electrons. The Morgan fingerprint density at radius 1 is 1.18 bits per heavy atom. The van der Waals surface area contributed by atoms with E-state index in [1.807, 2.05) is 0 Å². The number of aromatic nitrogens is 6. The van der Waals surface area contributed by atoms with E-state index < -0.39 is 0 Å². The van der Waals surface area contributed by atoms with Gasteiger partial charge in [0.15, 0.2) is 0 Å². The average Bonchev–Trinajstić information content (AvgIpc) is 3.11. The summed E-state index contributed by atoms with van der Waals surface area (Å²) in [7, 11) is 0. The van der Waals surface area contributed by atoms with Crippen LogP contribution in [-0.4, -0.2) is 35.3 Å². The second kappa shape index (κ2) is 6.24. The molecule has 3 heterocycles. The van der Waals surface area contributed by atoms with Gasteiger partial charge in [-0.1, -0.05) is 6.92 Å². The standard InChI is InChI=1S/C15H22N6S/c1-4-7-12-16-13-14(20(12)8-5-6-9-22)10(2)11(3)21-15(13)17-18-19-21/h22H,4-9H2,1-3H3. The highest BCUT2D eigenvalue weighted by molar-refractivity contribution is 7.80. The second-order valence-corrected chi connectivity index (χ2v) is 6.13. The smallest absolute Gasteiger partial charge is 0.207 e. The molecule has 0 saturated heterocycles. The quantitative estimate of drug-likeness (QED) is 0.561. The predicted molar refractivity (Wildman–Crippen MR) is 90.6 cm³/mol. The van der Waals surface area contributed by atoms with Gasteiger partial charge in [0, 0.05) is 18.7 Å². The lowest BCUT2D eigenvalue weighted by molar-refractivity contribution is 0.613. The Kier molecular flexibility index (Phi) is 4.33. The van der Waals surface area contributed by atoms with Gasteiger partial charge in [-0.05, 0) is 54.9 Å². The van der Waals surface area contributed by atoms with Crippen molar-refractivity contribution < 1.29 is 0 Å². The van der Waals surface area contributed by atoms with Gasteiger partial charge >= 0.3 is 0 Å². The number of hydrogen-bond donors (Lipinski definition) is 1. The van der Waals surface area contributed by atoms with E-state index in [-0.39, 0.29) is 0 Å². The van der Waals surface area contributed by atoms with Crippen LogP contribution in [0.1, 0.15) is 43.3 Å². The molecule has 0 aliphatic carbocycles. The van der Waals surface area contributed by atoms with Crippen LogP contribution in [0, 0.1) is 13.8 Å². The van der Waals surface area contributed by atoms with Crippen molar-refractivity contribution in [1.82, 2.24) is 29.6 Å². The molecule has 0 aliphatic heterocycles. The number of pyridine rings is 1. The molecule has 7 heteroatoms. The van der Waals surface area contributed by atoms with Crippen LogP contribution in [0.15, 0.2) is 0 Å². The van der Waals surface area contributed by atoms with Crippen molar-refractivity contribution in [2.24, 2.45) is 0 Å². The topological polar surface area (TPSA) is 60.9 Å². The Labute approximate surface area is 135 Å². The number of nitrogens with zero attached hydrogens (tertiary/aromatic N) is 6.